The molecule has 0 atom stereocenters. The number of rotatable bonds is 6. The Morgan fingerprint density at radius 1 is 1.28 bits per heavy atom. The maximum Gasteiger partial charge on any atom is 0.303 e. The number of allylic oxidation sites excluding steroid dienone is 1. The lowest BCUT2D eigenvalue weighted by molar-refractivity contribution is -0.136. The first-order valence-electron chi connectivity index (χ1n) is 8.56. The first kappa shape index (κ1) is 22.4. The molecule has 0 fully saturated rings. The maximum atomic E-state index is 11.9. The van der Waals surface area contributed by atoms with Crippen LogP contribution in [0.3, 0.4) is 0 Å². The van der Waals surface area contributed by atoms with Crippen molar-refractivity contribution in [2.24, 2.45) is 0 Å². The van der Waals surface area contributed by atoms with E-state index in [1.54, 1.807) is 31.3 Å². The average Bonchev–Trinajstić information content (AvgIpc) is 3.10. The zero-order valence-electron chi connectivity index (χ0n) is 16.1. The number of aliphatic hydroxyl groups excluding tert-OH is 1. The molecule has 0 bridgehead atoms. The number of Topliss-reactive ketones (excluding diaryl/α,β-unsaturated/α-hetero) is 1. The number of carboxylic acid groups (broad SMARTS) is 1. The smallest absolute Gasteiger partial charge is 0.303 e. The van der Waals surface area contributed by atoms with E-state index in [9.17, 15) is 19.5 Å². The van der Waals surface area contributed by atoms with Crippen LogP contribution in [0.15, 0.2) is 35.0 Å². The van der Waals surface area contributed by atoms with E-state index in [-0.39, 0.29) is 24.4 Å². The molecule has 1 aliphatic rings. The monoisotopic (exact) mass is 435 g/mol. The van der Waals surface area contributed by atoms with E-state index in [4.69, 9.17) is 5.11 Å². The molecule has 2 aromatic rings. The Morgan fingerprint density at radius 2 is 2.00 bits per heavy atom. The zero-order valence-corrected chi connectivity index (χ0v) is 17.8. The molecule has 1 aromatic carbocycles. The van der Waals surface area contributed by atoms with Crippen molar-refractivity contribution in [3.8, 4) is 0 Å². The number of ketones is 1. The lowest BCUT2D eigenvalue weighted by Crippen LogP contribution is -2.14. The number of carbonyl (C=O) groups is 3. The van der Waals surface area contributed by atoms with Gasteiger partial charge in [-0.25, -0.2) is 4.98 Å². The average molecular weight is 436 g/mol. The summed E-state index contributed by atoms with van der Waals surface area (Å²) in [5.74, 6) is -1.08. The van der Waals surface area contributed by atoms with Crippen molar-refractivity contribution in [3.63, 3.8) is 0 Å². The number of nitrogens with zero attached hydrogens (tertiary/aromatic N) is 2. The molecule has 154 valence electrons. The number of aliphatic carboxylic acids is 1. The van der Waals surface area contributed by atoms with E-state index in [1.165, 1.54) is 23.3 Å². The van der Waals surface area contributed by atoms with Gasteiger partial charge in [-0.3, -0.25) is 14.4 Å². The fraction of sp³-hybridized carbons (Fsp3) is 0.263. The van der Waals surface area contributed by atoms with Crippen molar-refractivity contribution in [3.05, 3.63) is 46.1 Å². The molecule has 3 rings (SSSR count). The molecule has 0 saturated heterocycles. The number of aryl methyl sites for hydroxylation is 1. The van der Waals surface area contributed by atoms with Gasteiger partial charge in [0.05, 0.1) is 12.1 Å². The lowest BCUT2D eigenvalue weighted by Gasteiger charge is -2.26. The highest BCUT2D eigenvalue weighted by Gasteiger charge is 2.22. The second-order valence-electron chi connectivity index (χ2n) is 6.09. The molecule has 8 nitrogen and oxygen atoms in total. The number of nitrogens with one attached hydrogen (secondary N) is 1. The van der Waals surface area contributed by atoms with Crippen molar-refractivity contribution in [1.82, 2.24) is 9.29 Å². The molecular formula is C19H21N3O5S2. The number of carboxylic acids is 1. The van der Waals surface area contributed by atoms with E-state index < -0.39 is 5.97 Å². The molecule has 1 aliphatic heterocycles. The first-order chi connectivity index (χ1) is 13.7. The SMILES string of the molecule is CC1=C(O)c2cc(C(=O)CCC(=O)O)ccc2SN1C.Cc1cnc(NC=O)s1. The fourth-order valence-corrected chi connectivity index (χ4v) is 3.89. The summed E-state index contributed by atoms with van der Waals surface area (Å²) in [5.41, 5.74) is 1.76. The topological polar surface area (TPSA) is 120 Å². The Labute approximate surface area is 176 Å². The second kappa shape index (κ2) is 10.1. The third kappa shape index (κ3) is 6.06. The fourth-order valence-electron chi connectivity index (χ4n) is 2.36. The number of aromatic nitrogens is 1. The molecule has 1 amide bonds. The largest absolute Gasteiger partial charge is 0.505 e. The van der Waals surface area contributed by atoms with Gasteiger partial charge in [0.2, 0.25) is 6.41 Å². The molecule has 0 radical (unpaired) electrons. The highest BCUT2D eigenvalue weighted by molar-refractivity contribution is 7.97. The summed E-state index contributed by atoms with van der Waals surface area (Å²) in [5, 5.41) is 21.9. The molecule has 0 unspecified atom stereocenters. The summed E-state index contributed by atoms with van der Waals surface area (Å²) in [6.45, 7) is 3.73. The van der Waals surface area contributed by atoms with Gasteiger partial charge in [-0.05, 0) is 37.9 Å². The van der Waals surface area contributed by atoms with E-state index in [2.05, 4.69) is 10.3 Å². The van der Waals surface area contributed by atoms with Gasteiger partial charge in [0.1, 0.15) is 5.76 Å². The van der Waals surface area contributed by atoms with Gasteiger partial charge in [0, 0.05) is 40.6 Å². The van der Waals surface area contributed by atoms with Gasteiger partial charge >= 0.3 is 5.97 Å². The molecule has 3 N–H and O–H groups in total. The lowest BCUT2D eigenvalue weighted by atomic mass is 10.0. The predicted molar refractivity (Wildman–Crippen MR) is 113 cm³/mol. The number of hydrogen-bond donors (Lipinski definition) is 3. The Balaban J connectivity index is 0.000000278. The van der Waals surface area contributed by atoms with E-state index >= 15 is 0 Å². The summed E-state index contributed by atoms with van der Waals surface area (Å²) in [6, 6.07) is 5.06. The number of carbonyl (C=O) groups excluding carboxylic acids is 2. The van der Waals surface area contributed by atoms with Crippen LogP contribution >= 0.6 is 23.3 Å². The highest BCUT2D eigenvalue weighted by Crippen LogP contribution is 2.38. The summed E-state index contributed by atoms with van der Waals surface area (Å²) in [7, 11) is 1.85. The molecule has 0 saturated carbocycles. The van der Waals surface area contributed by atoms with Crippen LogP contribution in [0.1, 0.15) is 40.6 Å². The number of hydrogen-bond acceptors (Lipinski definition) is 8. The highest BCUT2D eigenvalue weighted by atomic mass is 32.2. The quantitative estimate of drug-likeness (QED) is 0.354. The van der Waals surface area contributed by atoms with Crippen LogP contribution in [-0.4, -0.2) is 44.7 Å². The number of thiazole rings is 1. The van der Waals surface area contributed by atoms with Gasteiger partial charge in [-0.15, -0.1) is 11.3 Å². The van der Waals surface area contributed by atoms with E-state index in [0.717, 1.165) is 15.5 Å². The van der Waals surface area contributed by atoms with Crippen molar-refractivity contribution < 1.29 is 24.6 Å². The van der Waals surface area contributed by atoms with Crippen molar-refractivity contribution >= 4 is 52.3 Å². The number of benzene rings is 1. The van der Waals surface area contributed by atoms with Gasteiger partial charge in [-0.2, -0.15) is 0 Å². The van der Waals surface area contributed by atoms with Crippen LogP contribution < -0.4 is 5.32 Å². The van der Waals surface area contributed by atoms with Crippen molar-refractivity contribution in [2.45, 2.75) is 31.6 Å². The first-order valence-corrected chi connectivity index (χ1v) is 10.2. The molecule has 0 aliphatic carbocycles. The molecule has 2 heterocycles. The van der Waals surface area contributed by atoms with Crippen molar-refractivity contribution in [2.75, 3.05) is 12.4 Å². The second-order valence-corrected chi connectivity index (χ2v) is 8.49. The van der Waals surface area contributed by atoms with Crippen LogP contribution in [0.4, 0.5) is 5.13 Å². The molecule has 29 heavy (non-hydrogen) atoms. The predicted octanol–water partition coefficient (Wildman–Crippen LogP) is 3.95. The van der Waals surface area contributed by atoms with E-state index in [0.29, 0.717) is 22.7 Å². The summed E-state index contributed by atoms with van der Waals surface area (Å²) in [4.78, 5) is 38.1. The summed E-state index contributed by atoms with van der Waals surface area (Å²) < 4.78 is 1.85. The standard InChI is InChI=1S/C14H15NO4S.C5H6N2OS/c1-8-14(19)10-7-9(11(16)4-6-13(17)18)3-5-12(10)20-15(8)2;1-4-2-6-5(9-4)7-3-8/h3,5,7,19H,4,6H2,1-2H3,(H,17,18);2-3H,1H3,(H,6,7,8). The molecule has 10 heteroatoms. The normalized spacial score (nSPS) is 12.6. The molecule has 1 aromatic heterocycles. The Hall–Kier alpha value is -2.85. The van der Waals surface area contributed by atoms with Gasteiger partial charge in [-0.1, -0.05) is 6.07 Å². The van der Waals surface area contributed by atoms with Gasteiger partial charge in [0.15, 0.2) is 10.9 Å². The van der Waals surface area contributed by atoms with E-state index in [1.807, 2.05) is 18.3 Å². The third-order valence-corrected chi connectivity index (χ3v) is 5.92. The van der Waals surface area contributed by atoms with Crippen molar-refractivity contribution in [1.29, 1.82) is 0 Å². The Morgan fingerprint density at radius 3 is 2.59 bits per heavy atom. The molecule has 0 spiro atoms. The van der Waals surface area contributed by atoms with Crippen LogP contribution in [0.2, 0.25) is 0 Å². The number of fused-ring (bicyclic) bond motifs is 1. The minimum Gasteiger partial charge on any atom is -0.505 e. The number of anilines is 1. The third-order valence-electron chi connectivity index (χ3n) is 3.98. The van der Waals surface area contributed by atoms with Gasteiger partial charge in [0.25, 0.3) is 0 Å². The van der Waals surface area contributed by atoms with Crippen LogP contribution in [0, 0.1) is 6.92 Å². The summed E-state index contributed by atoms with van der Waals surface area (Å²) in [6.07, 6.45) is 2.12. The van der Waals surface area contributed by atoms with Crippen LogP contribution in [0.25, 0.3) is 5.76 Å². The zero-order chi connectivity index (χ0) is 21.6. The minimum absolute atomic E-state index is 0.0371. The van der Waals surface area contributed by atoms with Crippen LogP contribution in [0.5, 0.6) is 0 Å². The minimum atomic E-state index is -0.993. The molecular weight excluding hydrogens is 414 g/mol. The number of aliphatic hydroxyl groups is 1. The van der Waals surface area contributed by atoms with Crippen LogP contribution in [-0.2, 0) is 9.59 Å². The summed E-state index contributed by atoms with van der Waals surface area (Å²) >= 11 is 2.93. The number of amides is 1. The van der Waals surface area contributed by atoms with Gasteiger partial charge < -0.3 is 19.8 Å². The Bertz CT molecular complexity index is 955. The Kier molecular flexibility index (Phi) is 7.80. The maximum absolute atomic E-state index is 11.9.